The van der Waals surface area contributed by atoms with Crippen LogP contribution >= 0.6 is 0 Å². The van der Waals surface area contributed by atoms with E-state index in [1.807, 2.05) is 24.3 Å². The van der Waals surface area contributed by atoms with Gasteiger partial charge in [-0.1, -0.05) is 36.4 Å². The Labute approximate surface area is 165 Å². The van der Waals surface area contributed by atoms with Gasteiger partial charge in [-0.3, -0.25) is 0 Å². The highest BCUT2D eigenvalue weighted by Crippen LogP contribution is 2.57. The van der Waals surface area contributed by atoms with Crippen LogP contribution in [-0.2, 0) is 13.2 Å². The second-order valence-corrected chi connectivity index (χ2v) is 9.31. The molecule has 3 nitrogen and oxygen atoms in total. The lowest BCUT2D eigenvalue weighted by molar-refractivity contribution is -0.142. The summed E-state index contributed by atoms with van der Waals surface area (Å²) in [5, 5.41) is 14.8. The smallest absolute Gasteiger partial charge is 0.129 e. The van der Waals surface area contributed by atoms with Crippen LogP contribution < -0.4 is 10.1 Å². The molecule has 6 rings (SSSR count). The fraction of sp³-hybridized carbons (Fsp3) is 0.500. The second-order valence-electron chi connectivity index (χ2n) is 9.31. The Kier molecular flexibility index (Phi) is 4.44. The number of nitrogens with one attached hydrogen (secondary N) is 1. The Balaban J connectivity index is 1.28. The maximum Gasteiger partial charge on any atom is 0.129 e. The van der Waals surface area contributed by atoms with Gasteiger partial charge in [-0.15, -0.1) is 0 Å². The van der Waals surface area contributed by atoms with E-state index in [-0.39, 0.29) is 18.0 Å². The molecule has 0 amide bonds. The molecule has 0 spiro atoms. The van der Waals surface area contributed by atoms with Gasteiger partial charge in [-0.05, 0) is 62.5 Å². The van der Waals surface area contributed by atoms with Gasteiger partial charge in [-0.25, -0.2) is 4.39 Å². The molecule has 4 saturated carbocycles. The van der Waals surface area contributed by atoms with Crippen molar-refractivity contribution in [1.82, 2.24) is 5.32 Å². The first-order valence-electron chi connectivity index (χ1n) is 10.4. The molecule has 4 aliphatic carbocycles. The first-order valence-corrected chi connectivity index (χ1v) is 10.4. The summed E-state index contributed by atoms with van der Waals surface area (Å²) in [6, 6.07) is 14.7. The topological polar surface area (TPSA) is 41.5 Å². The number of hydrogen-bond acceptors (Lipinski definition) is 3. The molecule has 0 aliphatic heterocycles. The molecule has 2 N–H and O–H groups in total. The molecule has 2 unspecified atom stereocenters. The standard InChI is InChI=1S/C24H28FNO2/c25-21-7-3-1-6-20(21)15-28-22-8-4-2-5-19(22)14-26-23-10-17-9-18(11-23)13-24(27,12-17)16-23/h1-8,17-18,26-27H,9-16H2. The number of rotatable bonds is 6. The quantitative estimate of drug-likeness (QED) is 0.770. The molecule has 0 heterocycles. The molecule has 4 bridgehead atoms. The van der Waals surface area contributed by atoms with Gasteiger partial charge in [0.1, 0.15) is 18.2 Å². The lowest BCUT2D eigenvalue weighted by atomic mass is 9.51. The molecular formula is C24H28FNO2. The zero-order valence-electron chi connectivity index (χ0n) is 16.2. The van der Waals surface area contributed by atoms with E-state index in [2.05, 4.69) is 11.4 Å². The van der Waals surface area contributed by atoms with Crippen molar-refractivity contribution in [2.45, 2.75) is 62.8 Å². The molecule has 4 heteroatoms. The fourth-order valence-corrected chi connectivity index (χ4v) is 6.27. The van der Waals surface area contributed by atoms with Crippen LogP contribution in [0.3, 0.4) is 0 Å². The number of halogens is 1. The third kappa shape index (κ3) is 3.44. The maximum absolute atomic E-state index is 13.9. The van der Waals surface area contributed by atoms with Gasteiger partial charge in [0.05, 0.1) is 5.60 Å². The Bertz CT molecular complexity index is 853. The largest absolute Gasteiger partial charge is 0.488 e. The van der Waals surface area contributed by atoms with Gasteiger partial charge >= 0.3 is 0 Å². The van der Waals surface area contributed by atoms with Gasteiger partial charge in [-0.2, -0.15) is 0 Å². The molecule has 4 aliphatic rings. The highest BCUT2D eigenvalue weighted by atomic mass is 19.1. The number of para-hydroxylation sites is 1. The number of benzene rings is 2. The van der Waals surface area contributed by atoms with E-state index in [1.54, 1.807) is 12.1 Å². The van der Waals surface area contributed by atoms with E-state index < -0.39 is 5.60 Å². The van der Waals surface area contributed by atoms with E-state index in [0.717, 1.165) is 30.6 Å². The third-order valence-electron chi connectivity index (χ3n) is 7.00. The van der Waals surface area contributed by atoms with Crippen molar-refractivity contribution >= 4 is 0 Å². The van der Waals surface area contributed by atoms with E-state index in [9.17, 15) is 9.50 Å². The normalized spacial score (nSPS) is 33.2. The van der Waals surface area contributed by atoms with E-state index in [0.29, 0.717) is 23.9 Å². The van der Waals surface area contributed by atoms with Gasteiger partial charge in [0.2, 0.25) is 0 Å². The second kappa shape index (κ2) is 6.85. The van der Waals surface area contributed by atoms with Crippen LogP contribution in [0.5, 0.6) is 5.75 Å². The summed E-state index contributed by atoms with van der Waals surface area (Å²) in [7, 11) is 0. The lowest BCUT2D eigenvalue weighted by Crippen LogP contribution is -2.64. The predicted octanol–water partition coefficient (Wildman–Crippen LogP) is 4.58. The molecule has 0 saturated heterocycles. The van der Waals surface area contributed by atoms with Crippen LogP contribution in [0.4, 0.5) is 4.39 Å². The Hall–Kier alpha value is -1.91. The zero-order chi connectivity index (χ0) is 19.2. The summed E-state index contributed by atoms with van der Waals surface area (Å²) in [6.07, 6.45) is 6.46. The Morgan fingerprint density at radius 1 is 0.964 bits per heavy atom. The van der Waals surface area contributed by atoms with Crippen molar-refractivity contribution in [3.05, 3.63) is 65.5 Å². The predicted molar refractivity (Wildman–Crippen MR) is 106 cm³/mol. The monoisotopic (exact) mass is 381 g/mol. The molecule has 148 valence electrons. The van der Waals surface area contributed by atoms with E-state index in [4.69, 9.17) is 4.74 Å². The lowest BCUT2D eigenvalue weighted by Gasteiger charge is -2.60. The average Bonchev–Trinajstić information content (AvgIpc) is 2.64. The fourth-order valence-electron chi connectivity index (χ4n) is 6.27. The number of aliphatic hydroxyl groups is 1. The van der Waals surface area contributed by atoms with Crippen LogP contribution in [0.25, 0.3) is 0 Å². The SMILES string of the molecule is OC12CC3CC(C1)CC(NCc1ccccc1OCc1ccccc1F)(C3)C2. The van der Waals surface area contributed by atoms with E-state index >= 15 is 0 Å². The number of ether oxygens (including phenoxy) is 1. The molecule has 28 heavy (non-hydrogen) atoms. The minimum Gasteiger partial charge on any atom is -0.488 e. The Morgan fingerprint density at radius 2 is 1.64 bits per heavy atom. The van der Waals surface area contributed by atoms with Crippen molar-refractivity contribution in [3.63, 3.8) is 0 Å². The van der Waals surface area contributed by atoms with Crippen LogP contribution in [0, 0.1) is 17.7 Å². The van der Waals surface area contributed by atoms with Crippen molar-refractivity contribution in [1.29, 1.82) is 0 Å². The van der Waals surface area contributed by atoms with Gasteiger partial charge in [0, 0.05) is 23.2 Å². The number of hydrogen-bond donors (Lipinski definition) is 2. The van der Waals surface area contributed by atoms with Crippen molar-refractivity contribution in [2.75, 3.05) is 0 Å². The summed E-state index contributed by atoms with van der Waals surface area (Å²) < 4.78 is 19.8. The molecule has 4 fully saturated rings. The van der Waals surface area contributed by atoms with Crippen LogP contribution in [0.2, 0.25) is 0 Å². The highest BCUT2D eigenvalue weighted by Gasteiger charge is 2.56. The molecule has 0 aromatic heterocycles. The third-order valence-corrected chi connectivity index (χ3v) is 7.00. The summed E-state index contributed by atoms with van der Waals surface area (Å²) in [6.45, 7) is 0.932. The van der Waals surface area contributed by atoms with E-state index in [1.165, 1.54) is 25.3 Å². The van der Waals surface area contributed by atoms with Gasteiger partial charge < -0.3 is 15.2 Å². The van der Waals surface area contributed by atoms with Crippen molar-refractivity contribution < 1.29 is 14.2 Å². The van der Waals surface area contributed by atoms with Crippen LogP contribution in [-0.4, -0.2) is 16.2 Å². The summed E-state index contributed by atoms with van der Waals surface area (Å²) in [5.74, 6) is 1.87. The first-order chi connectivity index (χ1) is 13.5. The molecule has 2 aromatic carbocycles. The average molecular weight is 381 g/mol. The van der Waals surface area contributed by atoms with Gasteiger partial charge in [0.25, 0.3) is 0 Å². The van der Waals surface area contributed by atoms with Crippen molar-refractivity contribution in [3.8, 4) is 5.75 Å². The maximum atomic E-state index is 13.9. The van der Waals surface area contributed by atoms with Crippen LogP contribution in [0.15, 0.2) is 48.5 Å². The Morgan fingerprint density at radius 3 is 2.36 bits per heavy atom. The molecule has 0 radical (unpaired) electrons. The highest BCUT2D eigenvalue weighted by molar-refractivity contribution is 5.34. The van der Waals surface area contributed by atoms with Crippen molar-refractivity contribution in [2.24, 2.45) is 11.8 Å². The molecule has 2 aromatic rings. The van der Waals surface area contributed by atoms with Crippen LogP contribution in [0.1, 0.15) is 49.7 Å². The van der Waals surface area contributed by atoms with Gasteiger partial charge in [0.15, 0.2) is 0 Å². The first kappa shape index (κ1) is 18.1. The minimum absolute atomic E-state index is 0.0531. The molecule has 2 atom stereocenters. The molecular weight excluding hydrogens is 353 g/mol. The minimum atomic E-state index is -0.460. The summed E-state index contributed by atoms with van der Waals surface area (Å²) in [5.41, 5.74) is 1.24. The summed E-state index contributed by atoms with van der Waals surface area (Å²) >= 11 is 0. The zero-order valence-corrected chi connectivity index (χ0v) is 16.2. The summed E-state index contributed by atoms with van der Waals surface area (Å²) in [4.78, 5) is 0.